The molecule has 3 rings (SSSR count). The van der Waals surface area contributed by atoms with E-state index in [2.05, 4.69) is 0 Å². The van der Waals surface area contributed by atoms with Crippen molar-refractivity contribution < 1.29 is 24.2 Å². The number of aliphatic hydroxyl groups is 1. The van der Waals surface area contributed by atoms with Crippen LogP contribution in [0.2, 0.25) is 5.02 Å². The molecule has 2 aromatic rings. The molecule has 0 aromatic heterocycles. The number of hydrogen-bond acceptors (Lipinski definition) is 6. The summed E-state index contributed by atoms with van der Waals surface area (Å²) >= 11 is 6.29. The number of nitrogens with zero attached hydrogens (tertiary/aromatic N) is 2. The molecule has 1 fully saturated rings. The van der Waals surface area contributed by atoms with Gasteiger partial charge in [-0.05, 0) is 45.6 Å². The van der Waals surface area contributed by atoms with E-state index >= 15 is 0 Å². The average molecular weight is 473 g/mol. The van der Waals surface area contributed by atoms with Gasteiger partial charge in [-0.3, -0.25) is 9.59 Å². The maximum Gasteiger partial charge on any atom is 0.295 e. The predicted octanol–water partition coefficient (Wildman–Crippen LogP) is 4.04. The normalized spacial score (nSPS) is 17.7. The van der Waals surface area contributed by atoms with Gasteiger partial charge in [0.05, 0.1) is 36.4 Å². The quantitative estimate of drug-likeness (QED) is 0.355. The zero-order chi connectivity index (χ0) is 24.3. The van der Waals surface area contributed by atoms with Gasteiger partial charge in [-0.2, -0.15) is 0 Å². The van der Waals surface area contributed by atoms with Crippen molar-refractivity contribution in [1.29, 1.82) is 0 Å². The van der Waals surface area contributed by atoms with Gasteiger partial charge in [0.25, 0.3) is 11.7 Å². The van der Waals surface area contributed by atoms with Gasteiger partial charge in [0.15, 0.2) is 0 Å². The number of amides is 1. The van der Waals surface area contributed by atoms with Crippen molar-refractivity contribution in [2.24, 2.45) is 0 Å². The van der Waals surface area contributed by atoms with E-state index in [1.165, 1.54) is 31.3 Å². The van der Waals surface area contributed by atoms with E-state index in [9.17, 15) is 14.7 Å². The molecule has 1 unspecified atom stereocenters. The number of halogens is 1. The Kier molecular flexibility index (Phi) is 7.66. The summed E-state index contributed by atoms with van der Waals surface area (Å²) < 4.78 is 10.6. The second kappa shape index (κ2) is 10.3. The summed E-state index contributed by atoms with van der Waals surface area (Å²) in [5, 5.41) is 11.6. The van der Waals surface area contributed by atoms with E-state index in [4.69, 9.17) is 21.1 Å². The number of benzene rings is 2. The zero-order valence-corrected chi connectivity index (χ0v) is 20.3. The molecule has 1 saturated heterocycles. The van der Waals surface area contributed by atoms with Crippen LogP contribution in [0.25, 0.3) is 5.76 Å². The van der Waals surface area contributed by atoms with Crippen LogP contribution < -0.4 is 9.47 Å². The van der Waals surface area contributed by atoms with Gasteiger partial charge < -0.3 is 24.4 Å². The Morgan fingerprint density at radius 1 is 1.12 bits per heavy atom. The molecule has 1 N–H and O–H groups in total. The Balaban J connectivity index is 2.19. The van der Waals surface area contributed by atoms with Gasteiger partial charge >= 0.3 is 0 Å². The fourth-order valence-electron chi connectivity index (χ4n) is 4.04. The minimum absolute atomic E-state index is 0.00925. The third-order valence-electron chi connectivity index (χ3n) is 5.63. The molecular weight excluding hydrogens is 444 g/mol. The van der Waals surface area contributed by atoms with E-state index in [-0.39, 0.29) is 27.7 Å². The number of rotatable bonds is 8. The van der Waals surface area contributed by atoms with Crippen LogP contribution in [-0.2, 0) is 9.59 Å². The standard InChI is InChI=1S/C25H29ClN2O5/c1-15-8-6-9-16(12-15)22-21(24(30)25(31)28(22)11-7-10-27(2)3)23(29)17-13-18(26)20(33-5)14-19(17)32-4/h6,8-9,12-14,22,29H,7,10-11H2,1-5H3/b23-21+. The first-order chi connectivity index (χ1) is 15.7. The number of carbonyl (C=O) groups is 2. The van der Waals surface area contributed by atoms with Gasteiger partial charge in [-0.25, -0.2) is 0 Å². The van der Waals surface area contributed by atoms with Crippen molar-refractivity contribution in [2.45, 2.75) is 19.4 Å². The van der Waals surface area contributed by atoms with Crippen molar-refractivity contribution in [3.63, 3.8) is 0 Å². The summed E-state index contributed by atoms with van der Waals surface area (Å²) in [7, 11) is 6.81. The van der Waals surface area contributed by atoms with E-state index < -0.39 is 17.7 Å². The highest BCUT2D eigenvalue weighted by Crippen LogP contribution is 2.43. The molecule has 0 radical (unpaired) electrons. The molecule has 176 valence electrons. The first-order valence-electron chi connectivity index (χ1n) is 10.6. The SMILES string of the molecule is COc1cc(OC)c(/C(O)=C2\C(=O)C(=O)N(CCCN(C)C)C2c2cccc(C)c2)cc1Cl. The summed E-state index contributed by atoms with van der Waals surface area (Å²) in [6.07, 6.45) is 0.681. The molecule has 0 saturated carbocycles. The van der Waals surface area contributed by atoms with E-state index in [1.54, 1.807) is 0 Å². The van der Waals surface area contributed by atoms with Crippen LogP contribution in [0.1, 0.15) is 29.2 Å². The molecule has 0 aliphatic carbocycles. The largest absolute Gasteiger partial charge is 0.507 e. The summed E-state index contributed by atoms with van der Waals surface area (Å²) in [5.41, 5.74) is 1.96. The molecular formula is C25H29ClN2O5. The number of likely N-dealkylation sites (tertiary alicyclic amines) is 1. The van der Waals surface area contributed by atoms with Crippen molar-refractivity contribution in [3.05, 3.63) is 63.7 Å². The highest BCUT2D eigenvalue weighted by molar-refractivity contribution is 6.46. The second-order valence-electron chi connectivity index (χ2n) is 8.25. The van der Waals surface area contributed by atoms with Gasteiger partial charge in [0.1, 0.15) is 17.3 Å². The molecule has 1 aliphatic rings. The lowest BCUT2D eigenvalue weighted by Crippen LogP contribution is -2.32. The maximum absolute atomic E-state index is 13.2. The monoisotopic (exact) mass is 472 g/mol. The molecule has 1 heterocycles. The third kappa shape index (κ3) is 4.99. The number of carbonyl (C=O) groups excluding carboxylic acids is 2. The number of aryl methyl sites for hydroxylation is 1. The number of hydrogen-bond donors (Lipinski definition) is 1. The number of Topliss-reactive ketones (excluding diaryl/α,β-unsaturated/α-hetero) is 1. The molecule has 0 spiro atoms. The Labute approximate surface area is 199 Å². The number of ether oxygens (including phenoxy) is 2. The third-order valence-corrected chi connectivity index (χ3v) is 5.93. The van der Waals surface area contributed by atoms with Crippen molar-refractivity contribution >= 4 is 29.1 Å². The molecule has 7 nitrogen and oxygen atoms in total. The van der Waals surface area contributed by atoms with Crippen LogP contribution in [0.5, 0.6) is 11.5 Å². The number of aliphatic hydroxyl groups excluding tert-OH is 1. The molecule has 2 aromatic carbocycles. The van der Waals surface area contributed by atoms with Crippen LogP contribution in [0.15, 0.2) is 42.0 Å². The fourth-order valence-corrected chi connectivity index (χ4v) is 4.29. The van der Waals surface area contributed by atoms with E-state index in [0.29, 0.717) is 18.7 Å². The first kappa shape index (κ1) is 24.6. The Morgan fingerprint density at radius 3 is 2.42 bits per heavy atom. The topological polar surface area (TPSA) is 79.3 Å². The summed E-state index contributed by atoms with van der Waals surface area (Å²) in [6, 6.07) is 9.86. The molecule has 1 aliphatic heterocycles. The van der Waals surface area contributed by atoms with Crippen LogP contribution >= 0.6 is 11.6 Å². The highest BCUT2D eigenvalue weighted by Gasteiger charge is 2.46. The highest BCUT2D eigenvalue weighted by atomic mass is 35.5. The Hall–Kier alpha value is -3.03. The summed E-state index contributed by atoms with van der Waals surface area (Å²) in [6.45, 7) is 3.07. The van der Waals surface area contributed by atoms with Crippen molar-refractivity contribution in [3.8, 4) is 11.5 Å². The minimum Gasteiger partial charge on any atom is -0.507 e. The Bertz CT molecular complexity index is 1100. The lowest BCUT2D eigenvalue weighted by Gasteiger charge is -2.26. The van der Waals surface area contributed by atoms with Crippen molar-refractivity contribution in [1.82, 2.24) is 9.80 Å². The van der Waals surface area contributed by atoms with E-state index in [0.717, 1.165) is 17.7 Å². The average Bonchev–Trinajstić information content (AvgIpc) is 3.03. The lowest BCUT2D eigenvalue weighted by molar-refractivity contribution is -0.139. The molecule has 33 heavy (non-hydrogen) atoms. The molecule has 1 amide bonds. The minimum atomic E-state index is -0.738. The van der Waals surface area contributed by atoms with Gasteiger partial charge in [0.2, 0.25) is 0 Å². The fraction of sp³-hybridized carbons (Fsp3) is 0.360. The Morgan fingerprint density at radius 2 is 1.82 bits per heavy atom. The smallest absolute Gasteiger partial charge is 0.295 e. The number of methoxy groups -OCH3 is 2. The zero-order valence-electron chi connectivity index (χ0n) is 19.5. The maximum atomic E-state index is 13.2. The van der Waals surface area contributed by atoms with Crippen molar-refractivity contribution in [2.75, 3.05) is 41.4 Å². The number of ketones is 1. The van der Waals surface area contributed by atoms with E-state index in [1.807, 2.05) is 50.2 Å². The first-order valence-corrected chi connectivity index (χ1v) is 11.0. The van der Waals surface area contributed by atoms with Crippen LogP contribution in [0, 0.1) is 6.92 Å². The molecule has 8 heteroatoms. The second-order valence-corrected chi connectivity index (χ2v) is 8.66. The predicted molar refractivity (Wildman–Crippen MR) is 128 cm³/mol. The summed E-state index contributed by atoms with van der Waals surface area (Å²) in [4.78, 5) is 29.8. The summed E-state index contributed by atoms with van der Waals surface area (Å²) in [5.74, 6) is -1.07. The lowest BCUT2D eigenvalue weighted by atomic mass is 9.94. The van der Waals surface area contributed by atoms with Crippen LogP contribution in [-0.4, -0.2) is 68.0 Å². The molecule has 1 atom stereocenters. The van der Waals surface area contributed by atoms with Crippen LogP contribution in [0.3, 0.4) is 0 Å². The molecule has 0 bridgehead atoms. The van der Waals surface area contributed by atoms with Gasteiger partial charge in [-0.15, -0.1) is 0 Å². The van der Waals surface area contributed by atoms with Gasteiger partial charge in [0, 0.05) is 12.6 Å². The van der Waals surface area contributed by atoms with Gasteiger partial charge in [-0.1, -0.05) is 41.4 Å². The van der Waals surface area contributed by atoms with Crippen LogP contribution in [0.4, 0.5) is 0 Å².